The number of rotatable bonds is 5. The Hall–Kier alpha value is -3.65. The molecule has 2 aliphatic heterocycles. The van der Waals surface area contributed by atoms with E-state index in [9.17, 15) is 4.79 Å². The molecule has 176 valence electrons. The van der Waals surface area contributed by atoms with Gasteiger partial charge in [-0.3, -0.25) is 14.5 Å². The van der Waals surface area contributed by atoms with Crippen molar-refractivity contribution in [2.45, 2.75) is 24.4 Å². The van der Waals surface area contributed by atoms with Crippen molar-refractivity contribution in [3.63, 3.8) is 0 Å². The molecule has 2 aliphatic rings. The first-order valence-electron chi connectivity index (χ1n) is 11.7. The summed E-state index contributed by atoms with van der Waals surface area (Å²) in [5, 5.41) is 3.80. The number of halogens is 1. The van der Waals surface area contributed by atoms with E-state index in [1.807, 2.05) is 31.4 Å². The maximum atomic E-state index is 15.4. The Balaban J connectivity index is 1.31. The summed E-state index contributed by atoms with van der Waals surface area (Å²) in [5.41, 5.74) is 3.09. The summed E-state index contributed by atoms with van der Waals surface area (Å²) in [6.07, 6.45) is 4.23. The minimum atomic E-state index is -1.62. The third-order valence-electron chi connectivity index (χ3n) is 6.74. The summed E-state index contributed by atoms with van der Waals surface area (Å²) in [5.74, 6) is -0.183. The second-order valence-corrected chi connectivity index (χ2v) is 9.20. The summed E-state index contributed by atoms with van der Waals surface area (Å²) >= 11 is 0. The van der Waals surface area contributed by atoms with Gasteiger partial charge in [0.05, 0.1) is 40.2 Å². The van der Waals surface area contributed by atoms with Crippen molar-refractivity contribution in [3.05, 3.63) is 77.5 Å². The number of amides is 1. The van der Waals surface area contributed by atoms with Crippen molar-refractivity contribution in [1.29, 1.82) is 0 Å². The summed E-state index contributed by atoms with van der Waals surface area (Å²) < 4.78 is 28.6. The maximum Gasteiger partial charge on any atom is 0.255 e. The minimum Gasteiger partial charge on any atom is -0.486 e. The predicted molar refractivity (Wildman–Crippen MR) is 133 cm³/mol. The number of aromatic nitrogens is 3. The van der Waals surface area contributed by atoms with Crippen LogP contribution >= 0.6 is 0 Å². The fourth-order valence-electron chi connectivity index (χ4n) is 4.88. The SMILES string of the molecule is [B]C1([B])c2ncccc2C(=O)N1Cc1ccc(-c2ccc(OC3CCOC3)c3nn(C)cc23)cc1F. The minimum absolute atomic E-state index is 0.00960. The Morgan fingerprint density at radius 3 is 2.83 bits per heavy atom. The van der Waals surface area contributed by atoms with Crippen LogP contribution in [0.5, 0.6) is 5.75 Å². The molecule has 6 rings (SSSR count). The second-order valence-electron chi connectivity index (χ2n) is 9.20. The van der Waals surface area contributed by atoms with Gasteiger partial charge in [-0.15, -0.1) is 0 Å². The molecule has 7 nitrogen and oxygen atoms in total. The number of hydrogen-bond acceptors (Lipinski definition) is 5. The first-order valence-corrected chi connectivity index (χ1v) is 11.7. The van der Waals surface area contributed by atoms with Gasteiger partial charge in [-0.05, 0) is 41.5 Å². The van der Waals surface area contributed by atoms with Crippen LogP contribution in [0.3, 0.4) is 0 Å². The van der Waals surface area contributed by atoms with Crippen molar-refractivity contribution in [3.8, 4) is 16.9 Å². The molecule has 36 heavy (non-hydrogen) atoms. The van der Waals surface area contributed by atoms with Gasteiger partial charge in [0, 0.05) is 48.7 Å². The van der Waals surface area contributed by atoms with Crippen LogP contribution in [0.15, 0.2) is 54.9 Å². The Morgan fingerprint density at radius 1 is 1.22 bits per heavy atom. The van der Waals surface area contributed by atoms with Gasteiger partial charge >= 0.3 is 0 Å². The first kappa shape index (κ1) is 22.8. The third-order valence-corrected chi connectivity index (χ3v) is 6.74. The van der Waals surface area contributed by atoms with Crippen LogP contribution in [0.2, 0.25) is 0 Å². The molecule has 0 bridgehead atoms. The number of hydrogen-bond donors (Lipinski definition) is 0. The molecule has 1 fully saturated rings. The number of nitrogens with zero attached hydrogens (tertiary/aromatic N) is 4. The maximum absolute atomic E-state index is 15.4. The molecule has 2 aromatic heterocycles. The Labute approximate surface area is 210 Å². The van der Waals surface area contributed by atoms with Crippen LogP contribution in [0.4, 0.5) is 4.39 Å². The molecule has 4 heterocycles. The van der Waals surface area contributed by atoms with Gasteiger partial charge < -0.3 is 14.4 Å². The van der Waals surface area contributed by atoms with Crippen molar-refractivity contribution in [1.82, 2.24) is 19.7 Å². The average Bonchev–Trinajstić information content (AvgIpc) is 3.56. The quantitative estimate of drug-likeness (QED) is 0.413. The van der Waals surface area contributed by atoms with E-state index in [0.717, 1.165) is 17.4 Å². The fourth-order valence-corrected chi connectivity index (χ4v) is 4.88. The van der Waals surface area contributed by atoms with Gasteiger partial charge in [0.2, 0.25) is 0 Å². The molecule has 1 atom stereocenters. The van der Waals surface area contributed by atoms with Gasteiger partial charge in [-0.1, -0.05) is 12.1 Å². The van der Waals surface area contributed by atoms with E-state index in [1.165, 1.54) is 17.2 Å². The van der Waals surface area contributed by atoms with E-state index >= 15 is 4.39 Å². The second kappa shape index (κ2) is 8.48. The third kappa shape index (κ3) is 3.67. The summed E-state index contributed by atoms with van der Waals surface area (Å²) in [6, 6.07) is 11.9. The molecule has 10 heteroatoms. The highest BCUT2D eigenvalue weighted by atomic mass is 19.1. The molecule has 0 spiro atoms. The number of pyridine rings is 1. The first-order chi connectivity index (χ1) is 17.3. The highest BCUT2D eigenvalue weighted by Crippen LogP contribution is 2.37. The van der Waals surface area contributed by atoms with Crippen LogP contribution in [0, 0.1) is 5.82 Å². The normalized spacial score (nSPS) is 18.7. The summed E-state index contributed by atoms with van der Waals surface area (Å²) in [4.78, 5) is 18.3. The van der Waals surface area contributed by atoms with E-state index in [1.54, 1.807) is 22.9 Å². The van der Waals surface area contributed by atoms with Crippen molar-refractivity contribution >= 4 is 32.5 Å². The molecule has 4 aromatic rings. The van der Waals surface area contributed by atoms with Crippen LogP contribution < -0.4 is 4.74 Å². The zero-order valence-electron chi connectivity index (χ0n) is 19.6. The largest absolute Gasteiger partial charge is 0.486 e. The topological polar surface area (TPSA) is 69.5 Å². The highest BCUT2D eigenvalue weighted by molar-refractivity contribution is 6.42. The lowest BCUT2D eigenvalue weighted by atomic mass is 9.59. The van der Waals surface area contributed by atoms with Gasteiger partial charge in [0.1, 0.15) is 23.2 Å². The molecule has 0 N–H and O–H groups in total. The molecule has 0 aliphatic carbocycles. The number of ether oxygens (including phenoxy) is 2. The average molecular weight is 478 g/mol. The summed E-state index contributed by atoms with van der Waals surface area (Å²) in [6.45, 7) is 1.14. The lowest BCUT2D eigenvalue weighted by molar-refractivity contribution is 0.0729. The van der Waals surface area contributed by atoms with Crippen LogP contribution in [0.25, 0.3) is 22.0 Å². The highest BCUT2D eigenvalue weighted by Gasteiger charge is 2.43. The molecule has 1 unspecified atom stereocenters. The smallest absolute Gasteiger partial charge is 0.255 e. The van der Waals surface area contributed by atoms with Crippen LogP contribution in [0.1, 0.15) is 28.0 Å². The molecule has 1 saturated heterocycles. The molecular weight excluding hydrogens is 457 g/mol. The van der Waals surface area contributed by atoms with Gasteiger partial charge in [0.15, 0.2) is 0 Å². The number of aryl methyl sites for hydroxylation is 1. The van der Waals surface area contributed by atoms with Crippen LogP contribution in [-0.2, 0) is 23.7 Å². The van der Waals surface area contributed by atoms with Crippen molar-refractivity contribution in [2.24, 2.45) is 7.05 Å². The summed E-state index contributed by atoms with van der Waals surface area (Å²) in [7, 11) is 14.3. The predicted octanol–water partition coefficient (Wildman–Crippen LogP) is 3.05. The molecular formula is C26H21B2FN4O3. The Kier molecular flexibility index (Phi) is 5.37. The standard InChI is InChI=1S/C26H21B2FN4O3/c1-32-13-20-18(6-7-22(23(20)31-32)36-17-8-10-35-14-17)15-4-5-16(21(29)11-15)12-33-25(34)19-3-2-9-30-24(19)26(33,27)28/h2-7,9,11,13,17H,8,10,12,14H2,1H3. The van der Waals surface area contributed by atoms with E-state index < -0.39 is 11.2 Å². The Bertz CT molecular complexity index is 1500. The van der Waals surface area contributed by atoms with Crippen molar-refractivity contribution < 1.29 is 18.7 Å². The number of carbonyl (C=O) groups is 1. The van der Waals surface area contributed by atoms with E-state index in [4.69, 9.17) is 25.2 Å². The lowest BCUT2D eigenvalue weighted by Gasteiger charge is -2.33. The Morgan fingerprint density at radius 2 is 2.08 bits per heavy atom. The molecule has 4 radical (unpaired) electrons. The fraction of sp³-hybridized carbons (Fsp3) is 0.269. The molecule has 0 saturated carbocycles. The lowest BCUT2D eigenvalue weighted by Crippen LogP contribution is -2.44. The van der Waals surface area contributed by atoms with E-state index in [2.05, 4.69) is 10.1 Å². The van der Waals surface area contributed by atoms with Gasteiger partial charge in [-0.2, -0.15) is 5.10 Å². The van der Waals surface area contributed by atoms with Crippen molar-refractivity contribution in [2.75, 3.05) is 13.2 Å². The number of benzene rings is 2. The van der Waals surface area contributed by atoms with Gasteiger partial charge in [-0.25, -0.2) is 4.39 Å². The monoisotopic (exact) mass is 478 g/mol. The number of carbonyl (C=O) groups excluding carboxylic acids is 1. The molecule has 1 amide bonds. The number of fused-ring (bicyclic) bond motifs is 2. The van der Waals surface area contributed by atoms with E-state index in [0.29, 0.717) is 41.2 Å². The zero-order valence-corrected chi connectivity index (χ0v) is 19.6. The van der Waals surface area contributed by atoms with E-state index in [-0.39, 0.29) is 24.2 Å². The molecule has 2 aromatic carbocycles. The van der Waals surface area contributed by atoms with Crippen LogP contribution in [-0.4, -0.2) is 60.6 Å². The zero-order chi connectivity index (χ0) is 25.0. The van der Waals surface area contributed by atoms with Gasteiger partial charge in [0.25, 0.3) is 5.91 Å².